The first-order valence-electron chi connectivity index (χ1n) is 6.79. The highest BCUT2D eigenvalue weighted by Crippen LogP contribution is 2.15. The van der Waals surface area contributed by atoms with Crippen LogP contribution >= 0.6 is 0 Å². The summed E-state index contributed by atoms with van der Waals surface area (Å²) in [4.78, 5) is 25.5. The van der Waals surface area contributed by atoms with Gasteiger partial charge in [0, 0.05) is 37.7 Å². The number of anilines is 1. The van der Waals surface area contributed by atoms with Crippen LogP contribution in [0.2, 0.25) is 0 Å². The van der Waals surface area contributed by atoms with Gasteiger partial charge < -0.3 is 15.2 Å². The Morgan fingerprint density at radius 3 is 2.65 bits per heavy atom. The molecule has 2 aromatic heterocycles. The predicted molar refractivity (Wildman–Crippen MR) is 75.5 cm³/mol. The molecule has 1 saturated heterocycles. The van der Waals surface area contributed by atoms with Crippen LogP contribution in [0.4, 0.5) is 5.95 Å². The van der Waals surface area contributed by atoms with Crippen molar-refractivity contribution in [2.45, 2.75) is 18.9 Å². The second-order valence-corrected chi connectivity index (χ2v) is 4.87. The van der Waals surface area contributed by atoms with E-state index in [1.807, 2.05) is 12.1 Å². The lowest BCUT2D eigenvalue weighted by Crippen LogP contribution is -2.45. The number of aromatic nitrogens is 3. The van der Waals surface area contributed by atoms with Crippen molar-refractivity contribution in [2.75, 3.05) is 18.0 Å². The summed E-state index contributed by atoms with van der Waals surface area (Å²) in [6.07, 6.45) is 7.07. The number of amides is 1. The molecular weight excluding hydrogens is 254 g/mol. The van der Waals surface area contributed by atoms with Crippen LogP contribution in [-0.2, 0) is 0 Å². The molecule has 0 aliphatic carbocycles. The fourth-order valence-electron chi connectivity index (χ4n) is 2.41. The van der Waals surface area contributed by atoms with E-state index in [9.17, 15) is 4.79 Å². The minimum atomic E-state index is -0.0376. The van der Waals surface area contributed by atoms with Crippen molar-refractivity contribution in [2.24, 2.45) is 0 Å². The van der Waals surface area contributed by atoms with Crippen LogP contribution in [0.25, 0.3) is 0 Å². The molecular formula is C14H17N5O. The lowest BCUT2D eigenvalue weighted by Gasteiger charge is -2.32. The Morgan fingerprint density at radius 2 is 2.00 bits per heavy atom. The van der Waals surface area contributed by atoms with Crippen LogP contribution in [0.15, 0.2) is 36.8 Å². The van der Waals surface area contributed by atoms with Crippen LogP contribution in [0, 0.1) is 0 Å². The van der Waals surface area contributed by atoms with Gasteiger partial charge in [-0.25, -0.2) is 9.97 Å². The topological polar surface area (TPSA) is 73.9 Å². The summed E-state index contributed by atoms with van der Waals surface area (Å²) >= 11 is 0. The Kier molecular flexibility index (Phi) is 3.62. The molecule has 0 bridgehead atoms. The van der Waals surface area contributed by atoms with Crippen LogP contribution in [-0.4, -0.2) is 40.0 Å². The third-order valence-electron chi connectivity index (χ3n) is 3.51. The number of carbonyl (C=O) groups excluding carboxylic acids is 1. The van der Waals surface area contributed by atoms with Gasteiger partial charge in [-0.1, -0.05) is 0 Å². The summed E-state index contributed by atoms with van der Waals surface area (Å²) in [6.45, 7) is 1.72. The number of rotatable bonds is 3. The van der Waals surface area contributed by atoms with Gasteiger partial charge in [-0.05, 0) is 31.0 Å². The first-order chi connectivity index (χ1) is 9.83. The highest BCUT2D eigenvalue weighted by molar-refractivity contribution is 5.92. The normalized spacial score (nSPS) is 16.1. The standard InChI is InChI=1S/C14H17N5O/c20-13(12-3-1-6-15-12)18-11-4-9-19(10-5-11)14-16-7-2-8-17-14/h1-3,6-8,11,15H,4-5,9-10H2,(H,18,20). The molecule has 2 N–H and O–H groups in total. The summed E-state index contributed by atoms with van der Waals surface area (Å²) in [5, 5.41) is 3.06. The van der Waals surface area contributed by atoms with Crippen molar-refractivity contribution in [3.63, 3.8) is 0 Å². The highest BCUT2D eigenvalue weighted by atomic mass is 16.1. The number of hydrogen-bond donors (Lipinski definition) is 2. The Balaban J connectivity index is 1.53. The maximum absolute atomic E-state index is 11.9. The smallest absolute Gasteiger partial charge is 0.267 e. The molecule has 0 radical (unpaired) electrons. The average molecular weight is 271 g/mol. The fraction of sp³-hybridized carbons (Fsp3) is 0.357. The molecule has 3 heterocycles. The molecule has 3 rings (SSSR count). The fourth-order valence-corrected chi connectivity index (χ4v) is 2.41. The number of H-pyrrole nitrogens is 1. The van der Waals surface area contributed by atoms with E-state index in [0.717, 1.165) is 31.9 Å². The lowest BCUT2D eigenvalue weighted by atomic mass is 10.1. The average Bonchev–Trinajstić information content (AvgIpc) is 3.03. The largest absolute Gasteiger partial charge is 0.357 e. The van der Waals surface area contributed by atoms with Gasteiger partial charge in [0.2, 0.25) is 5.95 Å². The molecule has 0 unspecified atom stereocenters. The molecule has 1 aliphatic heterocycles. The van der Waals surface area contributed by atoms with E-state index in [1.165, 1.54) is 0 Å². The second-order valence-electron chi connectivity index (χ2n) is 4.87. The van der Waals surface area contributed by atoms with Crippen LogP contribution in [0.5, 0.6) is 0 Å². The Morgan fingerprint density at radius 1 is 1.25 bits per heavy atom. The van der Waals surface area contributed by atoms with Crippen molar-refractivity contribution in [3.05, 3.63) is 42.5 Å². The third kappa shape index (κ3) is 2.79. The van der Waals surface area contributed by atoms with Gasteiger partial charge in [-0.15, -0.1) is 0 Å². The SMILES string of the molecule is O=C(NC1CCN(c2ncccn2)CC1)c1ccc[nH]1. The number of piperidine rings is 1. The van der Waals surface area contributed by atoms with Crippen molar-refractivity contribution in [3.8, 4) is 0 Å². The molecule has 0 saturated carbocycles. The number of aromatic amines is 1. The van der Waals surface area contributed by atoms with Gasteiger partial charge in [-0.2, -0.15) is 0 Å². The minimum absolute atomic E-state index is 0.0376. The number of carbonyl (C=O) groups is 1. The highest BCUT2D eigenvalue weighted by Gasteiger charge is 2.22. The molecule has 0 spiro atoms. The maximum Gasteiger partial charge on any atom is 0.267 e. The Labute approximate surface area is 117 Å². The van der Waals surface area contributed by atoms with Gasteiger partial charge in [0.05, 0.1) is 0 Å². The number of nitrogens with zero attached hydrogens (tertiary/aromatic N) is 3. The molecule has 1 amide bonds. The van der Waals surface area contributed by atoms with Crippen molar-refractivity contribution < 1.29 is 4.79 Å². The van der Waals surface area contributed by atoms with Gasteiger partial charge in [0.25, 0.3) is 5.91 Å². The summed E-state index contributed by atoms with van der Waals surface area (Å²) in [6, 6.07) is 5.63. The van der Waals surface area contributed by atoms with Crippen molar-refractivity contribution in [1.29, 1.82) is 0 Å². The predicted octanol–water partition coefficient (Wildman–Crippen LogP) is 1.20. The molecule has 6 nitrogen and oxygen atoms in total. The lowest BCUT2D eigenvalue weighted by molar-refractivity contribution is 0.0926. The number of hydrogen-bond acceptors (Lipinski definition) is 4. The van der Waals surface area contributed by atoms with Crippen LogP contribution in [0.3, 0.4) is 0 Å². The van der Waals surface area contributed by atoms with E-state index in [2.05, 4.69) is 25.2 Å². The van der Waals surface area contributed by atoms with Gasteiger partial charge in [-0.3, -0.25) is 4.79 Å². The molecule has 2 aromatic rings. The van der Waals surface area contributed by atoms with E-state index in [-0.39, 0.29) is 11.9 Å². The summed E-state index contributed by atoms with van der Waals surface area (Å²) in [5.41, 5.74) is 0.610. The monoisotopic (exact) mass is 271 g/mol. The second kappa shape index (κ2) is 5.73. The zero-order valence-electron chi connectivity index (χ0n) is 11.1. The molecule has 0 atom stereocenters. The van der Waals surface area contributed by atoms with Gasteiger partial charge in [0.15, 0.2) is 0 Å². The molecule has 0 aromatic carbocycles. The molecule has 104 valence electrons. The van der Waals surface area contributed by atoms with E-state index >= 15 is 0 Å². The van der Waals surface area contributed by atoms with Crippen LogP contribution < -0.4 is 10.2 Å². The first kappa shape index (κ1) is 12.7. The Hall–Kier alpha value is -2.37. The molecule has 1 aliphatic rings. The van der Waals surface area contributed by atoms with Crippen LogP contribution in [0.1, 0.15) is 23.3 Å². The third-order valence-corrected chi connectivity index (χ3v) is 3.51. The van der Waals surface area contributed by atoms with E-state index in [4.69, 9.17) is 0 Å². The van der Waals surface area contributed by atoms with E-state index in [0.29, 0.717) is 5.69 Å². The van der Waals surface area contributed by atoms with Gasteiger partial charge in [0.1, 0.15) is 5.69 Å². The minimum Gasteiger partial charge on any atom is -0.357 e. The zero-order chi connectivity index (χ0) is 13.8. The maximum atomic E-state index is 11.9. The van der Waals surface area contributed by atoms with Crippen molar-refractivity contribution in [1.82, 2.24) is 20.3 Å². The number of nitrogens with one attached hydrogen (secondary N) is 2. The molecule has 6 heteroatoms. The van der Waals surface area contributed by atoms with E-state index < -0.39 is 0 Å². The first-order valence-corrected chi connectivity index (χ1v) is 6.79. The summed E-state index contributed by atoms with van der Waals surface area (Å²) in [7, 11) is 0. The summed E-state index contributed by atoms with van der Waals surface area (Å²) in [5.74, 6) is 0.728. The Bertz CT molecular complexity index is 546. The van der Waals surface area contributed by atoms with E-state index in [1.54, 1.807) is 24.7 Å². The zero-order valence-corrected chi connectivity index (χ0v) is 11.1. The quantitative estimate of drug-likeness (QED) is 0.880. The molecule has 20 heavy (non-hydrogen) atoms. The molecule has 1 fully saturated rings. The van der Waals surface area contributed by atoms with Gasteiger partial charge >= 0.3 is 0 Å². The van der Waals surface area contributed by atoms with Crippen molar-refractivity contribution >= 4 is 11.9 Å². The summed E-state index contributed by atoms with van der Waals surface area (Å²) < 4.78 is 0.